The average molecular weight is 169 g/mol. The molecule has 0 saturated heterocycles. The standard InChI is InChI=1S/C10H19NO/c1-2-3-4-5-6-7-8-9-10(11)12/h2-3H,4-9H2,1H3,(H2,11,12)/b3-2-. The van der Waals surface area contributed by atoms with Gasteiger partial charge in [0, 0.05) is 6.42 Å². The van der Waals surface area contributed by atoms with Crippen molar-refractivity contribution in [2.45, 2.75) is 45.4 Å². The molecule has 0 aliphatic heterocycles. The Balaban J connectivity index is 2.96. The summed E-state index contributed by atoms with van der Waals surface area (Å²) in [5.41, 5.74) is 5.00. The summed E-state index contributed by atoms with van der Waals surface area (Å²) in [6.45, 7) is 2.03. The third-order valence-electron chi connectivity index (χ3n) is 1.78. The minimum absolute atomic E-state index is 0.177. The summed E-state index contributed by atoms with van der Waals surface area (Å²) in [7, 11) is 0. The zero-order chi connectivity index (χ0) is 9.23. The molecule has 0 aromatic heterocycles. The molecule has 0 aromatic carbocycles. The normalized spacial score (nSPS) is 10.8. The third kappa shape index (κ3) is 9.21. The van der Waals surface area contributed by atoms with E-state index in [4.69, 9.17) is 5.73 Å². The quantitative estimate of drug-likeness (QED) is 0.461. The molecule has 2 N–H and O–H groups in total. The summed E-state index contributed by atoms with van der Waals surface area (Å²) in [4.78, 5) is 10.3. The molecule has 1 amide bonds. The Kier molecular flexibility index (Phi) is 7.76. The van der Waals surface area contributed by atoms with Gasteiger partial charge in [-0.1, -0.05) is 25.0 Å². The molecule has 70 valence electrons. The van der Waals surface area contributed by atoms with Gasteiger partial charge >= 0.3 is 0 Å². The topological polar surface area (TPSA) is 43.1 Å². The number of unbranched alkanes of at least 4 members (excludes halogenated alkanes) is 4. The second kappa shape index (κ2) is 8.31. The van der Waals surface area contributed by atoms with Crippen molar-refractivity contribution in [3.05, 3.63) is 12.2 Å². The van der Waals surface area contributed by atoms with Gasteiger partial charge in [0.2, 0.25) is 5.91 Å². The molecule has 0 aromatic rings. The highest BCUT2D eigenvalue weighted by molar-refractivity contribution is 5.73. The van der Waals surface area contributed by atoms with Crippen molar-refractivity contribution in [2.75, 3.05) is 0 Å². The number of allylic oxidation sites excluding steroid dienone is 2. The van der Waals surface area contributed by atoms with Crippen LogP contribution >= 0.6 is 0 Å². The smallest absolute Gasteiger partial charge is 0.217 e. The molecule has 0 rings (SSSR count). The first-order valence-electron chi connectivity index (χ1n) is 4.67. The van der Waals surface area contributed by atoms with Gasteiger partial charge in [0.25, 0.3) is 0 Å². The molecule has 0 saturated carbocycles. The molecule has 2 nitrogen and oxygen atoms in total. The highest BCUT2D eigenvalue weighted by atomic mass is 16.1. The van der Waals surface area contributed by atoms with Crippen LogP contribution in [0.25, 0.3) is 0 Å². The van der Waals surface area contributed by atoms with Crippen LogP contribution in [-0.2, 0) is 4.79 Å². The van der Waals surface area contributed by atoms with Crippen LogP contribution in [0.15, 0.2) is 12.2 Å². The monoisotopic (exact) mass is 169 g/mol. The minimum atomic E-state index is -0.177. The molecule has 0 unspecified atom stereocenters. The van der Waals surface area contributed by atoms with Gasteiger partial charge in [0.05, 0.1) is 0 Å². The van der Waals surface area contributed by atoms with E-state index in [2.05, 4.69) is 12.2 Å². The van der Waals surface area contributed by atoms with Gasteiger partial charge in [-0.25, -0.2) is 0 Å². The van der Waals surface area contributed by atoms with E-state index in [0.29, 0.717) is 6.42 Å². The second-order valence-corrected chi connectivity index (χ2v) is 2.99. The summed E-state index contributed by atoms with van der Waals surface area (Å²) < 4.78 is 0. The highest BCUT2D eigenvalue weighted by Gasteiger charge is 1.93. The lowest BCUT2D eigenvalue weighted by Gasteiger charge is -1.96. The van der Waals surface area contributed by atoms with Crippen molar-refractivity contribution in [2.24, 2.45) is 5.73 Å². The number of nitrogens with two attached hydrogens (primary N) is 1. The predicted octanol–water partition coefficient (Wildman–Crippen LogP) is 2.39. The lowest BCUT2D eigenvalue weighted by atomic mass is 10.1. The van der Waals surface area contributed by atoms with Crippen LogP contribution in [-0.4, -0.2) is 5.91 Å². The average Bonchev–Trinajstić information content (AvgIpc) is 2.02. The SMILES string of the molecule is C/C=C\CCCCCCC(N)=O. The zero-order valence-corrected chi connectivity index (χ0v) is 7.88. The number of carbonyl (C=O) groups excluding carboxylic acids is 1. The summed E-state index contributed by atoms with van der Waals surface area (Å²) in [5, 5.41) is 0. The Labute approximate surface area is 74.8 Å². The van der Waals surface area contributed by atoms with Crippen molar-refractivity contribution in [1.29, 1.82) is 0 Å². The molecular formula is C10H19NO. The van der Waals surface area contributed by atoms with Crippen LogP contribution in [0.2, 0.25) is 0 Å². The maximum absolute atomic E-state index is 10.3. The Morgan fingerprint density at radius 2 is 1.92 bits per heavy atom. The predicted molar refractivity (Wildman–Crippen MR) is 51.7 cm³/mol. The number of carbonyl (C=O) groups is 1. The molecule has 0 atom stereocenters. The lowest BCUT2D eigenvalue weighted by molar-refractivity contribution is -0.118. The van der Waals surface area contributed by atoms with Crippen LogP contribution in [0.1, 0.15) is 45.4 Å². The fourth-order valence-electron chi connectivity index (χ4n) is 1.08. The molecule has 0 spiro atoms. The van der Waals surface area contributed by atoms with Crippen molar-refractivity contribution >= 4 is 5.91 Å². The van der Waals surface area contributed by atoms with Crippen molar-refractivity contribution in [3.8, 4) is 0 Å². The van der Waals surface area contributed by atoms with Crippen molar-refractivity contribution in [1.82, 2.24) is 0 Å². The minimum Gasteiger partial charge on any atom is -0.370 e. The number of primary amides is 1. The molecule has 0 fully saturated rings. The number of hydrogen-bond donors (Lipinski definition) is 1. The van der Waals surface area contributed by atoms with Gasteiger partial charge in [0.1, 0.15) is 0 Å². The van der Waals surface area contributed by atoms with E-state index in [-0.39, 0.29) is 5.91 Å². The Morgan fingerprint density at radius 1 is 1.25 bits per heavy atom. The maximum Gasteiger partial charge on any atom is 0.217 e. The van der Waals surface area contributed by atoms with Crippen LogP contribution in [0.4, 0.5) is 0 Å². The van der Waals surface area contributed by atoms with E-state index in [1.54, 1.807) is 0 Å². The second-order valence-electron chi connectivity index (χ2n) is 2.99. The Bertz CT molecular complexity index is 141. The van der Waals surface area contributed by atoms with E-state index in [1.807, 2.05) is 6.92 Å². The van der Waals surface area contributed by atoms with E-state index < -0.39 is 0 Å². The highest BCUT2D eigenvalue weighted by Crippen LogP contribution is 2.05. The van der Waals surface area contributed by atoms with Crippen LogP contribution in [0.3, 0.4) is 0 Å². The maximum atomic E-state index is 10.3. The summed E-state index contributed by atoms with van der Waals surface area (Å²) in [6.07, 6.45) is 10.5. The largest absolute Gasteiger partial charge is 0.370 e. The fraction of sp³-hybridized carbons (Fsp3) is 0.700. The van der Waals surface area contributed by atoms with Gasteiger partial charge in [-0.2, -0.15) is 0 Å². The van der Waals surface area contributed by atoms with Gasteiger partial charge in [-0.05, 0) is 26.2 Å². The molecule has 0 radical (unpaired) electrons. The first kappa shape index (κ1) is 11.2. The van der Waals surface area contributed by atoms with Gasteiger partial charge in [-0.15, -0.1) is 0 Å². The van der Waals surface area contributed by atoms with Crippen molar-refractivity contribution < 1.29 is 4.79 Å². The van der Waals surface area contributed by atoms with Crippen LogP contribution in [0.5, 0.6) is 0 Å². The fourth-order valence-corrected chi connectivity index (χ4v) is 1.08. The van der Waals surface area contributed by atoms with Gasteiger partial charge in [0.15, 0.2) is 0 Å². The molecule has 12 heavy (non-hydrogen) atoms. The van der Waals surface area contributed by atoms with Gasteiger partial charge < -0.3 is 5.73 Å². The number of amides is 1. The number of rotatable bonds is 7. The van der Waals surface area contributed by atoms with E-state index in [1.165, 1.54) is 12.8 Å². The zero-order valence-electron chi connectivity index (χ0n) is 7.88. The van der Waals surface area contributed by atoms with Gasteiger partial charge in [-0.3, -0.25) is 4.79 Å². The molecular weight excluding hydrogens is 150 g/mol. The van der Waals surface area contributed by atoms with Crippen LogP contribution < -0.4 is 5.73 Å². The third-order valence-corrected chi connectivity index (χ3v) is 1.78. The lowest BCUT2D eigenvalue weighted by Crippen LogP contribution is -2.09. The number of hydrogen-bond acceptors (Lipinski definition) is 1. The Morgan fingerprint density at radius 3 is 2.50 bits per heavy atom. The van der Waals surface area contributed by atoms with E-state index in [9.17, 15) is 4.79 Å². The van der Waals surface area contributed by atoms with E-state index in [0.717, 1.165) is 19.3 Å². The van der Waals surface area contributed by atoms with Crippen LogP contribution in [0, 0.1) is 0 Å². The van der Waals surface area contributed by atoms with Crippen molar-refractivity contribution in [3.63, 3.8) is 0 Å². The Hall–Kier alpha value is -0.790. The first-order chi connectivity index (χ1) is 5.77. The van der Waals surface area contributed by atoms with E-state index >= 15 is 0 Å². The molecule has 0 aliphatic rings. The molecule has 0 aliphatic carbocycles. The summed E-state index contributed by atoms with van der Waals surface area (Å²) in [6, 6.07) is 0. The first-order valence-corrected chi connectivity index (χ1v) is 4.67. The summed E-state index contributed by atoms with van der Waals surface area (Å²) >= 11 is 0. The molecule has 0 bridgehead atoms. The summed E-state index contributed by atoms with van der Waals surface area (Å²) in [5.74, 6) is -0.177. The molecule has 2 heteroatoms. The molecule has 0 heterocycles.